The Morgan fingerprint density at radius 1 is 0.898 bits per heavy atom. The predicted octanol–water partition coefficient (Wildman–Crippen LogP) is 3.41. The minimum absolute atomic E-state index is 0.0201. The van der Waals surface area contributed by atoms with Crippen molar-refractivity contribution < 1.29 is 33.8 Å². The molecule has 13 nitrogen and oxygen atoms in total. The van der Waals surface area contributed by atoms with E-state index in [2.05, 4.69) is 21.3 Å². The highest BCUT2D eigenvalue weighted by Gasteiger charge is 2.36. The fraction of sp³-hybridized carbons (Fsp3) is 0.657. The van der Waals surface area contributed by atoms with E-state index in [9.17, 15) is 29.1 Å². The number of nitrogens with two attached hydrogens (primary N) is 2. The van der Waals surface area contributed by atoms with Gasteiger partial charge in [0.05, 0.1) is 4.99 Å². The summed E-state index contributed by atoms with van der Waals surface area (Å²) in [7, 11) is 0. The van der Waals surface area contributed by atoms with Crippen LogP contribution in [-0.2, 0) is 25.6 Å². The number of rotatable bonds is 19. The van der Waals surface area contributed by atoms with Crippen LogP contribution in [0.3, 0.4) is 0 Å². The normalized spacial score (nSPS) is 15.0. The van der Waals surface area contributed by atoms with E-state index >= 15 is 0 Å². The van der Waals surface area contributed by atoms with Gasteiger partial charge >= 0.3 is 18.0 Å². The first-order valence-corrected chi connectivity index (χ1v) is 17.2. The summed E-state index contributed by atoms with van der Waals surface area (Å²) in [6, 6.07) is 1.35. The van der Waals surface area contributed by atoms with Crippen molar-refractivity contribution >= 4 is 47.0 Å². The number of hydrogen-bond donors (Lipinski definition) is 7. The number of hydrogen-bond acceptors (Lipinski definition) is 8. The molecule has 0 aliphatic rings. The van der Waals surface area contributed by atoms with Crippen molar-refractivity contribution in [3.8, 4) is 5.75 Å². The number of aliphatic carboxylic acids is 1. The molecule has 276 valence electrons. The van der Waals surface area contributed by atoms with Crippen LogP contribution in [0, 0.1) is 23.2 Å². The van der Waals surface area contributed by atoms with Gasteiger partial charge in [0.1, 0.15) is 29.9 Å². The molecule has 0 bridgehead atoms. The number of carbonyl (C=O) groups excluding carboxylic acids is 4. The van der Waals surface area contributed by atoms with Crippen molar-refractivity contribution in [2.24, 2.45) is 34.6 Å². The zero-order chi connectivity index (χ0) is 37.9. The van der Waals surface area contributed by atoms with Gasteiger partial charge < -0.3 is 42.6 Å². The molecule has 5 unspecified atom stereocenters. The maximum absolute atomic E-state index is 13.9. The van der Waals surface area contributed by atoms with E-state index in [1.54, 1.807) is 38.1 Å². The molecule has 0 aromatic heterocycles. The molecule has 0 saturated heterocycles. The van der Waals surface area contributed by atoms with E-state index in [4.69, 9.17) is 28.4 Å². The number of esters is 1. The van der Waals surface area contributed by atoms with Crippen LogP contribution >= 0.6 is 12.2 Å². The average Bonchev–Trinajstić information content (AvgIpc) is 2.97. The molecule has 0 heterocycles. The Kier molecular flexibility index (Phi) is 16.6. The maximum atomic E-state index is 13.9. The van der Waals surface area contributed by atoms with Crippen molar-refractivity contribution in [2.75, 3.05) is 0 Å². The van der Waals surface area contributed by atoms with Crippen LogP contribution in [0.25, 0.3) is 0 Å². The largest absolute Gasteiger partial charge is 0.480 e. The molecule has 49 heavy (non-hydrogen) atoms. The van der Waals surface area contributed by atoms with Crippen LogP contribution in [0.1, 0.15) is 94.1 Å². The highest BCUT2D eigenvalue weighted by molar-refractivity contribution is 7.80. The van der Waals surface area contributed by atoms with Crippen LogP contribution < -0.4 is 37.5 Å². The molecule has 0 fully saturated rings. The lowest BCUT2D eigenvalue weighted by atomic mass is 9.79. The van der Waals surface area contributed by atoms with Gasteiger partial charge in [-0.25, -0.2) is 14.4 Å². The quantitative estimate of drug-likeness (QED) is 0.0632. The SMILES string of the molecule is CCC(C)C(NC(=O)C(Cc1ccc(OC(=O)C(N)C(C)C)cc1)NC(=O)NC(CC(C)C)C(=O)O)C(=O)NC(C)(C)CC(C)(C)C(N)=S. The molecule has 0 aliphatic carbocycles. The molecular formula is C35H58N6O7S. The third-order valence-electron chi connectivity index (χ3n) is 8.31. The Labute approximate surface area is 296 Å². The molecule has 5 atom stereocenters. The molecule has 1 aromatic carbocycles. The molecule has 0 saturated carbocycles. The van der Waals surface area contributed by atoms with E-state index in [1.165, 1.54) is 0 Å². The highest BCUT2D eigenvalue weighted by Crippen LogP contribution is 2.28. The minimum atomic E-state index is -1.21. The zero-order valence-corrected chi connectivity index (χ0v) is 31.5. The van der Waals surface area contributed by atoms with Crippen LogP contribution in [0.5, 0.6) is 5.75 Å². The first-order valence-electron chi connectivity index (χ1n) is 16.8. The molecule has 1 rings (SSSR count). The summed E-state index contributed by atoms with van der Waals surface area (Å²) in [5.74, 6) is -3.02. The van der Waals surface area contributed by atoms with E-state index in [1.807, 2.05) is 55.4 Å². The van der Waals surface area contributed by atoms with Crippen molar-refractivity contribution in [3.05, 3.63) is 29.8 Å². The van der Waals surface area contributed by atoms with Gasteiger partial charge in [0.25, 0.3) is 0 Å². The standard InChI is InChI=1S/C35H58N6O7S/c1-11-21(6)27(29(43)41-35(9,10)18-34(7,8)32(37)49)40-28(42)24(38-33(47)39-25(30(44)45)16-19(2)3)17-22-12-14-23(15-13-22)48-31(46)26(36)20(4)5/h12-15,19-21,24-27H,11,16-18,36H2,1-10H3,(H2,37,49)(H,40,42)(H,41,43)(H,44,45)(H2,38,39,47). The number of benzene rings is 1. The van der Waals surface area contributed by atoms with Gasteiger partial charge in [-0.15, -0.1) is 0 Å². The van der Waals surface area contributed by atoms with Crippen LogP contribution in [0.2, 0.25) is 0 Å². The smallest absolute Gasteiger partial charge is 0.328 e. The van der Waals surface area contributed by atoms with Crippen molar-refractivity contribution in [1.82, 2.24) is 21.3 Å². The lowest BCUT2D eigenvalue weighted by molar-refractivity contribution is -0.139. The van der Waals surface area contributed by atoms with Gasteiger partial charge in [0, 0.05) is 17.4 Å². The Morgan fingerprint density at radius 3 is 1.92 bits per heavy atom. The number of carboxylic acid groups (broad SMARTS) is 1. The number of amides is 4. The second-order valence-electron chi connectivity index (χ2n) is 14.9. The lowest BCUT2D eigenvalue weighted by Crippen LogP contribution is -2.60. The van der Waals surface area contributed by atoms with Crippen LogP contribution in [-0.4, -0.2) is 69.6 Å². The number of urea groups is 1. The van der Waals surface area contributed by atoms with Gasteiger partial charge in [-0.05, 0) is 62.1 Å². The monoisotopic (exact) mass is 706 g/mol. The summed E-state index contributed by atoms with van der Waals surface area (Å²) in [4.78, 5) is 65.1. The zero-order valence-electron chi connectivity index (χ0n) is 30.6. The second-order valence-corrected chi connectivity index (χ2v) is 15.3. The second kappa shape index (κ2) is 18.8. The van der Waals surface area contributed by atoms with E-state index in [0.717, 1.165) is 0 Å². The first-order chi connectivity index (χ1) is 22.5. The van der Waals surface area contributed by atoms with E-state index < -0.39 is 64.9 Å². The summed E-state index contributed by atoms with van der Waals surface area (Å²) >= 11 is 5.21. The average molecular weight is 707 g/mol. The number of carboxylic acids is 1. The van der Waals surface area contributed by atoms with Gasteiger partial charge in [0.2, 0.25) is 11.8 Å². The number of nitrogens with one attached hydrogen (secondary N) is 4. The number of ether oxygens (including phenoxy) is 1. The predicted molar refractivity (Wildman–Crippen MR) is 194 cm³/mol. The summed E-state index contributed by atoms with van der Waals surface area (Å²) in [6.07, 6.45) is 1.16. The Morgan fingerprint density at radius 2 is 1.45 bits per heavy atom. The highest BCUT2D eigenvalue weighted by atomic mass is 32.1. The fourth-order valence-corrected chi connectivity index (χ4v) is 5.32. The molecule has 0 radical (unpaired) electrons. The van der Waals surface area contributed by atoms with Crippen molar-refractivity contribution in [2.45, 2.75) is 125 Å². The van der Waals surface area contributed by atoms with E-state index in [0.29, 0.717) is 23.4 Å². The molecule has 1 aromatic rings. The third kappa shape index (κ3) is 14.7. The third-order valence-corrected chi connectivity index (χ3v) is 8.86. The van der Waals surface area contributed by atoms with Crippen molar-refractivity contribution in [3.63, 3.8) is 0 Å². The van der Waals surface area contributed by atoms with Crippen LogP contribution in [0.15, 0.2) is 24.3 Å². The summed E-state index contributed by atoms with van der Waals surface area (Å²) in [5, 5.41) is 20.5. The summed E-state index contributed by atoms with van der Waals surface area (Å²) in [5.41, 5.74) is 11.1. The topological polar surface area (TPSA) is 215 Å². The summed E-state index contributed by atoms with van der Waals surface area (Å²) < 4.78 is 5.37. The maximum Gasteiger partial charge on any atom is 0.328 e. The molecule has 14 heteroatoms. The number of thiocarbonyl (C=S) groups is 1. The fourth-order valence-electron chi connectivity index (χ4n) is 5.25. The van der Waals surface area contributed by atoms with Crippen LogP contribution in [0.4, 0.5) is 4.79 Å². The first kappa shape index (κ1) is 43.2. The Balaban J connectivity index is 3.34. The van der Waals surface area contributed by atoms with Crippen molar-refractivity contribution in [1.29, 1.82) is 0 Å². The Bertz CT molecular complexity index is 1320. The van der Waals surface area contributed by atoms with Gasteiger partial charge in [-0.1, -0.05) is 86.2 Å². The minimum Gasteiger partial charge on any atom is -0.480 e. The van der Waals surface area contributed by atoms with Gasteiger partial charge in [-0.3, -0.25) is 9.59 Å². The molecular weight excluding hydrogens is 648 g/mol. The number of carbonyl (C=O) groups is 5. The van der Waals surface area contributed by atoms with E-state index in [-0.39, 0.29) is 36.3 Å². The molecule has 4 amide bonds. The summed E-state index contributed by atoms with van der Waals surface area (Å²) in [6.45, 7) is 18.5. The molecule has 0 aliphatic heterocycles. The Hall–Kier alpha value is -3.78. The van der Waals surface area contributed by atoms with Gasteiger partial charge in [0.15, 0.2) is 0 Å². The molecule has 9 N–H and O–H groups in total. The lowest BCUT2D eigenvalue weighted by Gasteiger charge is -2.37. The molecule has 0 spiro atoms. The van der Waals surface area contributed by atoms with Gasteiger partial charge in [-0.2, -0.15) is 0 Å².